The second-order valence-corrected chi connectivity index (χ2v) is 5.06. The monoisotopic (exact) mass is 262 g/mol. The van der Waals surface area contributed by atoms with Gasteiger partial charge in [0.15, 0.2) is 0 Å². The molecule has 2 heteroatoms. The molecule has 0 aliphatic carbocycles. The van der Waals surface area contributed by atoms with Gasteiger partial charge in [-0.25, -0.2) is 0 Å². The van der Waals surface area contributed by atoms with E-state index in [1.807, 2.05) is 24.5 Å². The number of fused-ring (bicyclic) bond motifs is 1. The maximum Gasteiger partial charge on any atom is 0.0295 e. The van der Waals surface area contributed by atoms with Crippen molar-refractivity contribution >= 4 is 10.8 Å². The Kier molecular flexibility index (Phi) is 3.75. The van der Waals surface area contributed by atoms with Crippen molar-refractivity contribution in [2.45, 2.75) is 19.5 Å². The Bertz CT molecular complexity index is 692. The lowest BCUT2D eigenvalue weighted by atomic mass is 10.0. The van der Waals surface area contributed by atoms with Crippen LogP contribution >= 0.6 is 0 Å². The van der Waals surface area contributed by atoms with E-state index in [1.54, 1.807) is 0 Å². The summed E-state index contributed by atoms with van der Waals surface area (Å²) >= 11 is 0. The molecule has 1 unspecified atom stereocenters. The molecule has 0 aliphatic heterocycles. The molecule has 2 nitrogen and oxygen atoms in total. The van der Waals surface area contributed by atoms with Crippen LogP contribution in [0.1, 0.15) is 24.1 Å². The number of nitrogens with one attached hydrogen (secondary N) is 1. The van der Waals surface area contributed by atoms with Gasteiger partial charge in [-0.1, -0.05) is 36.4 Å². The first-order valence-electron chi connectivity index (χ1n) is 6.94. The number of hydrogen-bond donors (Lipinski definition) is 1. The van der Waals surface area contributed by atoms with Gasteiger partial charge in [0.25, 0.3) is 0 Å². The number of hydrogen-bond acceptors (Lipinski definition) is 2. The SMILES string of the molecule is CC(NCc1ccncc1)c1ccc2ccccc2c1. The van der Waals surface area contributed by atoms with E-state index in [9.17, 15) is 0 Å². The highest BCUT2D eigenvalue weighted by atomic mass is 14.9. The maximum absolute atomic E-state index is 4.04. The summed E-state index contributed by atoms with van der Waals surface area (Å²) < 4.78 is 0. The minimum atomic E-state index is 0.327. The molecule has 0 amide bonds. The highest BCUT2D eigenvalue weighted by Crippen LogP contribution is 2.20. The molecule has 0 bridgehead atoms. The Labute approximate surface area is 119 Å². The summed E-state index contributed by atoms with van der Waals surface area (Å²) in [5, 5.41) is 6.14. The van der Waals surface area contributed by atoms with E-state index in [-0.39, 0.29) is 0 Å². The Hall–Kier alpha value is -2.19. The lowest BCUT2D eigenvalue weighted by Crippen LogP contribution is -2.18. The highest BCUT2D eigenvalue weighted by molar-refractivity contribution is 5.83. The van der Waals surface area contributed by atoms with E-state index in [0.29, 0.717) is 6.04 Å². The van der Waals surface area contributed by atoms with Crippen LogP contribution in [0.5, 0.6) is 0 Å². The Morgan fingerprint density at radius 2 is 1.70 bits per heavy atom. The molecule has 1 N–H and O–H groups in total. The van der Waals surface area contributed by atoms with Crippen LogP contribution in [0, 0.1) is 0 Å². The van der Waals surface area contributed by atoms with Crippen molar-refractivity contribution in [2.75, 3.05) is 0 Å². The lowest BCUT2D eigenvalue weighted by molar-refractivity contribution is 0.575. The third-order valence-corrected chi connectivity index (χ3v) is 3.64. The summed E-state index contributed by atoms with van der Waals surface area (Å²) in [5.74, 6) is 0. The largest absolute Gasteiger partial charge is 0.306 e. The summed E-state index contributed by atoms with van der Waals surface area (Å²) in [6, 6.07) is 19.5. The van der Waals surface area contributed by atoms with Crippen molar-refractivity contribution < 1.29 is 0 Å². The molecule has 3 aromatic rings. The van der Waals surface area contributed by atoms with Gasteiger partial charge < -0.3 is 5.32 Å². The van der Waals surface area contributed by atoms with Crippen molar-refractivity contribution in [1.29, 1.82) is 0 Å². The summed E-state index contributed by atoms with van der Waals surface area (Å²) in [7, 11) is 0. The molecule has 0 aliphatic rings. The van der Waals surface area contributed by atoms with Gasteiger partial charge in [-0.15, -0.1) is 0 Å². The molecule has 2 aromatic carbocycles. The van der Waals surface area contributed by atoms with Crippen LogP contribution < -0.4 is 5.32 Å². The fourth-order valence-electron chi connectivity index (χ4n) is 2.37. The van der Waals surface area contributed by atoms with E-state index < -0.39 is 0 Å². The van der Waals surface area contributed by atoms with Crippen molar-refractivity contribution in [3.63, 3.8) is 0 Å². The van der Waals surface area contributed by atoms with E-state index >= 15 is 0 Å². The molecule has 0 spiro atoms. The van der Waals surface area contributed by atoms with E-state index in [1.165, 1.54) is 21.9 Å². The molecule has 0 saturated heterocycles. The van der Waals surface area contributed by atoms with Gasteiger partial charge in [-0.2, -0.15) is 0 Å². The van der Waals surface area contributed by atoms with E-state index in [4.69, 9.17) is 0 Å². The second-order valence-electron chi connectivity index (χ2n) is 5.06. The minimum absolute atomic E-state index is 0.327. The number of benzene rings is 2. The topological polar surface area (TPSA) is 24.9 Å². The zero-order chi connectivity index (χ0) is 13.8. The predicted molar refractivity (Wildman–Crippen MR) is 83.4 cm³/mol. The average Bonchev–Trinajstić information content (AvgIpc) is 2.53. The van der Waals surface area contributed by atoms with Crippen LogP contribution in [0.2, 0.25) is 0 Å². The molecule has 1 atom stereocenters. The number of aromatic nitrogens is 1. The van der Waals surface area contributed by atoms with Crippen LogP contribution in [-0.2, 0) is 6.54 Å². The number of pyridine rings is 1. The third kappa shape index (κ3) is 2.86. The van der Waals surface area contributed by atoms with E-state index in [2.05, 4.69) is 59.7 Å². The first-order chi connectivity index (χ1) is 9.83. The minimum Gasteiger partial charge on any atom is -0.306 e. The molecule has 1 heterocycles. The van der Waals surface area contributed by atoms with E-state index in [0.717, 1.165) is 6.54 Å². The van der Waals surface area contributed by atoms with Crippen LogP contribution in [-0.4, -0.2) is 4.98 Å². The van der Waals surface area contributed by atoms with Gasteiger partial charge in [-0.3, -0.25) is 4.98 Å². The highest BCUT2D eigenvalue weighted by Gasteiger charge is 2.05. The van der Waals surface area contributed by atoms with Crippen LogP contribution in [0.15, 0.2) is 67.0 Å². The maximum atomic E-state index is 4.04. The molecular weight excluding hydrogens is 244 g/mol. The number of rotatable bonds is 4. The Balaban J connectivity index is 1.73. The zero-order valence-electron chi connectivity index (χ0n) is 11.6. The smallest absolute Gasteiger partial charge is 0.0295 e. The summed E-state index contributed by atoms with van der Waals surface area (Å²) in [6.07, 6.45) is 3.66. The van der Waals surface area contributed by atoms with Crippen molar-refractivity contribution in [3.05, 3.63) is 78.1 Å². The van der Waals surface area contributed by atoms with Gasteiger partial charge in [0.2, 0.25) is 0 Å². The Morgan fingerprint density at radius 1 is 0.950 bits per heavy atom. The van der Waals surface area contributed by atoms with Crippen LogP contribution in [0.4, 0.5) is 0 Å². The van der Waals surface area contributed by atoms with Crippen molar-refractivity contribution in [2.24, 2.45) is 0 Å². The molecule has 20 heavy (non-hydrogen) atoms. The van der Waals surface area contributed by atoms with Gasteiger partial charge in [0.05, 0.1) is 0 Å². The molecular formula is C18H18N2. The first-order valence-corrected chi connectivity index (χ1v) is 6.94. The summed E-state index contributed by atoms with van der Waals surface area (Å²) in [6.45, 7) is 3.06. The zero-order valence-corrected chi connectivity index (χ0v) is 11.6. The second kappa shape index (κ2) is 5.85. The molecule has 0 radical (unpaired) electrons. The molecule has 1 aromatic heterocycles. The third-order valence-electron chi connectivity index (χ3n) is 3.64. The fraction of sp³-hybridized carbons (Fsp3) is 0.167. The molecule has 0 saturated carbocycles. The standard InChI is InChI=1S/C18H18N2/c1-14(20-13-15-8-10-19-11-9-15)17-7-6-16-4-2-3-5-18(16)12-17/h2-12,14,20H,13H2,1H3. The first kappa shape index (κ1) is 12.8. The van der Waals surface area contributed by atoms with Gasteiger partial charge in [0.1, 0.15) is 0 Å². The molecule has 0 fully saturated rings. The van der Waals surface area contributed by atoms with Gasteiger partial charge >= 0.3 is 0 Å². The summed E-state index contributed by atoms with van der Waals surface area (Å²) in [5.41, 5.74) is 2.57. The number of nitrogens with zero attached hydrogens (tertiary/aromatic N) is 1. The van der Waals surface area contributed by atoms with Crippen LogP contribution in [0.25, 0.3) is 10.8 Å². The van der Waals surface area contributed by atoms with Crippen molar-refractivity contribution in [3.8, 4) is 0 Å². The summed E-state index contributed by atoms with van der Waals surface area (Å²) in [4.78, 5) is 4.04. The predicted octanol–water partition coefficient (Wildman–Crippen LogP) is 4.09. The normalized spacial score (nSPS) is 12.4. The van der Waals surface area contributed by atoms with Gasteiger partial charge in [0, 0.05) is 25.0 Å². The van der Waals surface area contributed by atoms with Gasteiger partial charge in [-0.05, 0) is 47.0 Å². The van der Waals surface area contributed by atoms with Crippen LogP contribution in [0.3, 0.4) is 0 Å². The fourth-order valence-corrected chi connectivity index (χ4v) is 2.37. The Morgan fingerprint density at radius 3 is 2.50 bits per heavy atom. The average molecular weight is 262 g/mol. The lowest BCUT2D eigenvalue weighted by Gasteiger charge is -2.15. The van der Waals surface area contributed by atoms with Crippen molar-refractivity contribution in [1.82, 2.24) is 10.3 Å². The molecule has 100 valence electrons. The quantitative estimate of drug-likeness (QED) is 0.766. The molecule has 3 rings (SSSR count).